The van der Waals surface area contributed by atoms with Crippen LogP contribution in [-0.4, -0.2) is 17.0 Å². The van der Waals surface area contributed by atoms with Crippen molar-refractivity contribution in [2.45, 2.75) is 19.4 Å². The van der Waals surface area contributed by atoms with Crippen molar-refractivity contribution in [2.24, 2.45) is 0 Å². The molecule has 0 aliphatic rings. The van der Waals surface area contributed by atoms with Crippen LogP contribution < -0.4 is 10.1 Å². The Kier molecular flexibility index (Phi) is 5.58. The van der Waals surface area contributed by atoms with E-state index in [1.807, 2.05) is 25.1 Å². The standard InChI is InChI=1S/C19H16F2N2O2S/c1-2-17(25-13-6-4-3-5-7-13)18(24)23-19-22-16(11-26-19)14-9-8-12(20)10-15(14)21/h3-11,17H,2H2,1H3,(H,22,23,24). The highest BCUT2D eigenvalue weighted by Crippen LogP contribution is 2.27. The summed E-state index contributed by atoms with van der Waals surface area (Å²) in [5.74, 6) is -1.09. The fourth-order valence-electron chi connectivity index (χ4n) is 2.32. The van der Waals surface area contributed by atoms with Gasteiger partial charge in [-0.15, -0.1) is 11.3 Å². The van der Waals surface area contributed by atoms with Crippen LogP contribution in [0.4, 0.5) is 13.9 Å². The normalized spacial score (nSPS) is 11.8. The molecule has 0 radical (unpaired) electrons. The molecule has 0 saturated carbocycles. The molecule has 0 aliphatic heterocycles. The lowest BCUT2D eigenvalue weighted by molar-refractivity contribution is -0.122. The van der Waals surface area contributed by atoms with E-state index in [2.05, 4.69) is 10.3 Å². The molecule has 1 aromatic heterocycles. The maximum atomic E-state index is 13.9. The fraction of sp³-hybridized carbons (Fsp3) is 0.158. The van der Waals surface area contributed by atoms with Crippen LogP contribution in [-0.2, 0) is 4.79 Å². The second-order valence-corrected chi connectivity index (χ2v) is 6.34. The van der Waals surface area contributed by atoms with E-state index in [9.17, 15) is 13.6 Å². The zero-order chi connectivity index (χ0) is 18.5. The van der Waals surface area contributed by atoms with Gasteiger partial charge in [-0.3, -0.25) is 10.1 Å². The number of rotatable bonds is 6. The van der Waals surface area contributed by atoms with Crippen LogP contribution in [0.25, 0.3) is 11.3 Å². The number of hydrogen-bond donors (Lipinski definition) is 1. The summed E-state index contributed by atoms with van der Waals surface area (Å²) in [4.78, 5) is 16.6. The maximum absolute atomic E-state index is 13.9. The largest absolute Gasteiger partial charge is 0.481 e. The molecular formula is C19H16F2N2O2S. The number of carbonyl (C=O) groups excluding carboxylic acids is 1. The number of para-hydroxylation sites is 1. The Morgan fingerprint density at radius 2 is 2.00 bits per heavy atom. The monoisotopic (exact) mass is 374 g/mol. The van der Waals surface area contributed by atoms with Crippen molar-refractivity contribution in [1.29, 1.82) is 0 Å². The Morgan fingerprint density at radius 1 is 1.23 bits per heavy atom. The summed E-state index contributed by atoms with van der Waals surface area (Å²) in [6, 6.07) is 12.3. The topological polar surface area (TPSA) is 51.2 Å². The molecule has 1 N–H and O–H groups in total. The van der Waals surface area contributed by atoms with E-state index >= 15 is 0 Å². The smallest absolute Gasteiger partial charge is 0.267 e. The minimum Gasteiger partial charge on any atom is -0.481 e. The van der Waals surface area contributed by atoms with Gasteiger partial charge >= 0.3 is 0 Å². The molecule has 1 atom stereocenters. The van der Waals surface area contributed by atoms with Gasteiger partial charge in [-0.1, -0.05) is 25.1 Å². The molecule has 26 heavy (non-hydrogen) atoms. The summed E-state index contributed by atoms with van der Waals surface area (Å²) < 4.78 is 32.6. The Hall–Kier alpha value is -2.80. The van der Waals surface area contributed by atoms with Gasteiger partial charge in [0.2, 0.25) is 0 Å². The average molecular weight is 374 g/mol. The van der Waals surface area contributed by atoms with E-state index in [0.717, 1.165) is 23.5 Å². The van der Waals surface area contributed by atoms with Gasteiger partial charge in [0.05, 0.1) is 5.69 Å². The number of nitrogens with one attached hydrogen (secondary N) is 1. The molecule has 1 heterocycles. The number of carbonyl (C=O) groups is 1. The molecule has 0 fully saturated rings. The third kappa shape index (κ3) is 4.23. The Bertz CT molecular complexity index is 900. The van der Waals surface area contributed by atoms with Gasteiger partial charge < -0.3 is 4.74 Å². The predicted octanol–water partition coefficient (Wildman–Crippen LogP) is 4.88. The number of nitrogens with zero attached hydrogens (tertiary/aromatic N) is 1. The highest BCUT2D eigenvalue weighted by Gasteiger charge is 2.20. The third-order valence-electron chi connectivity index (χ3n) is 3.63. The molecule has 2 aromatic carbocycles. The second kappa shape index (κ2) is 8.05. The number of thiazole rings is 1. The number of hydrogen-bond acceptors (Lipinski definition) is 4. The lowest BCUT2D eigenvalue weighted by Gasteiger charge is -2.16. The predicted molar refractivity (Wildman–Crippen MR) is 97.2 cm³/mol. The molecule has 0 bridgehead atoms. The fourth-order valence-corrected chi connectivity index (χ4v) is 3.04. The van der Waals surface area contributed by atoms with Crippen LogP contribution in [0.3, 0.4) is 0 Å². The summed E-state index contributed by atoms with van der Waals surface area (Å²) in [5, 5.41) is 4.61. The van der Waals surface area contributed by atoms with E-state index in [-0.39, 0.29) is 11.5 Å². The first-order valence-electron chi connectivity index (χ1n) is 8.00. The van der Waals surface area contributed by atoms with Gasteiger partial charge in [-0.05, 0) is 30.7 Å². The number of amides is 1. The summed E-state index contributed by atoms with van der Waals surface area (Å²) in [5.41, 5.74) is 0.510. The Morgan fingerprint density at radius 3 is 2.69 bits per heavy atom. The van der Waals surface area contributed by atoms with Crippen molar-refractivity contribution in [1.82, 2.24) is 4.98 Å². The summed E-state index contributed by atoms with van der Waals surface area (Å²) in [7, 11) is 0. The van der Waals surface area contributed by atoms with Crippen LogP contribution in [0.15, 0.2) is 53.9 Å². The first-order valence-corrected chi connectivity index (χ1v) is 8.88. The van der Waals surface area contributed by atoms with E-state index < -0.39 is 17.7 Å². The molecule has 0 aliphatic carbocycles. The van der Waals surface area contributed by atoms with Crippen molar-refractivity contribution in [2.75, 3.05) is 5.32 Å². The average Bonchev–Trinajstić information content (AvgIpc) is 3.08. The van der Waals surface area contributed by atoms with Gasteiger partial charge in [0.15, 0.2) is 11.2 Å². The van der Waals surface area contributed by atoms with Crippen molar-refractivity contribution < 1.29 is 18.3 Å². The van der Waals surface area contributed by atoms with Crippen molar-refractivity contribution in [3.8, 4) is 17.0 Å². The Balaban J connectivity index is 1.70. The SMILES string of the molecule is CCC(Oc1ccccc1)C(=O)Nc1nc(-c2ccc(F)cc2F)cs1. The number of anilines is 1. The number of ether oxygens (including phenoxy) is 1. The molecule has 134 valence electrons. The van der Waals surface area contributed by atoms with Gasteiger partial charge in [-0.25, -0.2) is 13.8 Å². The summed E-state index contributed by atoms with van der Waals surface area (Å²) >= 11 is 1.16. The van der Waals surface area contributed by atoms with Crippen LogP contribution in [0.1, 0.15) is 13.3 Å². The minimum atomic E-state index is -0.702. The first-order chi connectivity index (χ1) is 12.6. The maximum Gasteiger partial charge on any atom is 0.267 e. The molecule has 0 saturated heterocycles. The third-order valence-corrected chi connectivity index (χ3v) is 4.38. The van der Waals surface area contributed by atoms with Crippen molar-refractivity contribution in [3.05, 3.63) is 65.5 Å². The van der Waals surface area contributed by atoms with Crippen LogP contribution >= 0.6 is 11.3 Å². The van der Waals surface area contributed by atoms with Crippen LogP contribution in [0.2, 0.25) is 0 Å². The van der Waals surface area contributed by atoms with Gasteiger partial charge in [-0.2, -0.15) is 0 Å². The lowest BCUT2D eigenvalue weighted by atomic mass is 10.1. The van der Waals surface area contributed by atoms with Gasteiger partial charge in [0.1, 0.15) is 17.4 Å². The van der Waals surface area contributed by atoms with E-state index in [4.69, 9.17) is 4.74 Å². The lowest BCUT2D eigenvalue weighted by Crippen LogP contribution is -2.32. The molecule has 1 amide bonds. The molecular weight excluding hydrogens is 358 g/mol. The van der Waals surface area contributed by atoms with Crippen molar-refractivity contribution in [3.63, 3.8) is 0 Å². The number of halogens is 2. The molecule has 4 nitrogen and oxygen atoms in total. The van der Waals surface area contributed by atoms with Crippen LogP contribution in [0, 0.1) is 11.6 Å². The van der Waals surface area contributed by atoms with E-state index in [0.29, 0.717) is 23.0 Å². The summed E-state index contributed by atoms with van der Waals surface area (Å²) in [6.45, 7) is 1.84. The molecule has 3 aromatic rings. The highest BCUT2D eigenvalue weighted by atomic mass is 32.1. The molecule has 0 spiro atoms. The zero-order valence-electron chi connectivity index (χ0n) is 13.9. The number of benzene rings is 2. The van der Waals surface area contributed by atoms with E-state index in [1.54, 1.807) is 17.5 Å². The minimum absolute atomic E-state index is 0.177. The van der Waals surface area contributed by atoms with Gasteiger partial charge in [0, 0.05) is 17.0 Å². The molecule has 3 rings (SSSR count). The quantitative estimate of drug-likeness (QED) is 0.669. The summed E-state index contributed by atoms with van der Waals surface area (Å²) in [6.07, 6.45) is -0.196. The van der Waals surface area contributed by atoms with Crippen molar-refractivity contribution >= 4 is 22.4 Å². The first kappa shape index (κ1) is 18.0. The van der Waals surface area contributed by atoms with Crippen LogP contribution in [0.5, 0.6) is 5.75 Å². The molecule has 7 heteroatoms. The van der Waals surface area contributed by atoms with E-state index in [1.165, 1.54) is 6.07 Å². The highest BCUT2D eigenvalue weighted by molar-refractivity contribution is 7.14. The number of aromatic nitrogens is 1. The van der Waals surface area contributed by atoms with Gasteiger partial charge in [0.25, 0.3) is 5.91 Å². The molecule has 1 unspecified atom stereocenters. The zero-order valence-corrected chi connectivity index (χ0v) is 14.7. The second-order valence-electron chi connectivity index (χ2n) is 5.48. The Labute approximate surface area is 153 Å².